The number of nitrogens with two attached hydrogens (primary N) is 1. The summed E-state index contributed by atoms with van der Waals surface area (Å²) in [6, 6.07) is 7.76. The Morgan fingerprint density at radius 2 is 2.29 bits per heavy atom. The second-order valence-electron chi connectivity index (χ2n) is 6.60. The Labute approximate surface area is 142 Å². The fraction of sp³-hybridized carbons (Fsp3) is 0.526. The van der Waals surface area contributed by atoms with Gasteiger partial charge in [-0.1, -0.05) is 18.6 Å². The number of carbonyl (C=O) groups is 1. The molecular formula is C19H26N2O3. The third-order valence-corrected chi connectivity index (χ3v) is 4.80. The van der Waals surface area contributed by atoms with E-state index in [2.05, 4.69) is 5.32 Å². The van der Waals surface area contributed by atoms with E-state index in [1.165, 1.54) is 0 Å². The standard InChI is InChI=1S/C19H26N2O3/c1-3-23-16-9-5-7-14-10-17(24-19(14)16)12(2)21-18(22)11-13-6-4-8-15(13)20/h5,7,9-10,12-13,15H,3-4,6,8,11,20H2,1-2H3,(H,21,22)/t12?,13-,15+/m0/s1. The fourth-order valence-electron chi connectivity index (χ4n) is 3.47. The van der Waals surface area contributed by atoms with Crippen LogP contribution in [0, 0.1) is 5.92 Å². The van der Waals surface area contributed by atoms with Gasteiger partial charge in [-0.15, -0.1) is 0 Å². The fourth-order valence-corrected chi connectivity index (χ4v) is 3.47. The second-order valence-corrected chi connectivity index (χ2v) is 6.60. The zero-order chi connectivity index (χ0) is 17.1. The molecule has 1 amide bonds. The van der Waals surface area contributed by atoms with Gasteiger partial charge in [0.1, 0.15) is 5.76 Å². The van der Waals surface area contributed by atoms with Gasteiger partial charge < -0.3 is 20.2 Å². The van der Waals surface area contributed by atoms with Gasteiger partial charge in [0.15, 0.2) is 11.3 Å². The molecule has 2 aromatic rings. The molecule has 0 saturated heterocycles. The zero-order valence-electron chi connectivity index (χ0n) is 14.4. The molecule has 0 aliphatic heterocycles. The first-order valence-electron chi connectivity index (χ1n) is 8.78. The van der Waals surface area contributed by atoms with Gasteiger partial charge in [-0.3, -0.25) is 4.79 Å². The lowest BCUT2D eigenvalue weighted by molar-refractivity contribution is -0.122. The van der Waals surface area contributed by atoms with Crippen molar-refractivity contribution < 1.29 is 13.9 Å². The van der Waals surface area contributed by atoms with Crippen molar-refractivity contribution in [3.8, 4) is 5.75 Å². The van der Waals surface area contributed by atoms with E-state index < -0.39 is 0 Å². The normalized spacial score (nSPS) is 21.8. The van der Waals surface area contributed by atoms with Crippen molar-refractivity contribution in [2.75, 3.05) is 6.61 Å². The van der Waals surface area contributed by atoms with E-state index in [1.54, 1.807) is 0 Å². The van der Waals surface area contributed by atoms with Gasteiger partial charge in [-0.2, -0.15) is 0 Å². The average molecular weight is 330 g/mol. The van der Waals surface area contributed by atoms with Crippen LogP contribution in [0.1, 0.15) is 51.3 Å². The van der Waals surface area contributed by atoms with Crippen LogP contribution in [0.4, 0.5) is 0 Å². The molecule has 1 aromatic heterocycles. The number of ether oxygens (including phenoxy) is 1. The summed E-state index contributed by atoms with van der Waals surface area (Å²) in [4.78, 5) is 12.3. The van der Waals surface area contributed by atoms with Crippen LogP contribution in [-0.4, -0.2) is 18.6 Å². The number of hydrogen-bond acceptors (Lipinski definition) is 4. The molecule has 3 atom stereocenters. The van der Waals surface area contributed by atoms with Crippen LogP contribution >= 0.6 is 0 Å². The van der Waals surface area contributed by atoms with Crippen molar-refractivity contribution in [2.24, 2.45) is 11.7 Å². The molecule has 1 aromatic carbocycles. The molecule has 1 aliphatic carbocycles. The highest BCUT2D eigenvalue weighted by molar-refractivity contribution is 5.84. The van der Waals surface area contributed by atoms with Gasteiger partial charge in [-0.05, 0) is 44.7 Å². The number of furan rings is 1. The third kappa shape index (κ3) is 3.56. The molecule has 1 heterocycles. The number of rotatable bonds is 6. The minimum Gasteiger partial charge on any atom is -0.490 e. The summed E-state index contributed by atoms with van der Waals surface area (Å²) in [7, 11) is 0. The largest absolute Gasteiger partial charge is 0.490 e. The van der Waals surface area contributed by atoms with E-state index >= 15 is 0 Å². The van der Waals surface area contributed by atoms with Crippen LogP contribution < -0.4 is 15.8 Å². The van der Waals surface area contributed by atoms with E-state index in [1.807, 2.05) is 38.1 Å². The first kappa shape index (κ1) is 16.8. The second kappa shape index (κ2) is 7.26. The molecule has 1 unspecified atom stereocenters. The molecule has 5 heteroatoms. The van der Waals surface area contributed by atoms with E-state index in [-0.39, 0.29) is 18.0 Å². The summed E-state index contributed by atoms with van der Waals surface area (Å²) < 4.78 is 11.5. The van der Waals surface area contributed by atoms with Gasteiger partial charge in [0, 0.05) is 17.8 Å². The van der Waals surface area contributed by atoms with Crippen LogP contribution in [0.15, 0.2) is 28.7 Å². The Kier molecular flexibility index (Phi) is 5.09. The molecule has 1 fully saturated rings. The van der Waals surface area contributed by atoms with E-state index in [4.69, 9.17) is 14.9 Å². The molecule has 1 aliphatic rings. The minimum absolute atomic E-state index is 0.0373. The van der Waals surface area contributed by atoms with Crippen molar-refractivity contribution in [2.45, 2.75) is 51.6 Å². The molecular weight excluding hydrogens is 304 g/mol. The lowest BCUT2D eigenvalue weighted by Gasteiger charge is -2.17. The van der Waals surface area contributed by atoms with Gasteiger partial charge in [0.25, 0.3) is 0 Å². The van der Waals surface area contributed by atoms with Crippen LogP contribution in [-0.2, 0) is 4.79 Å². The molecule has 130 valence electrons. The molecule has 3 N–H and O–H groups in total. The van der Waals surface area contributed by atoms with E-state index in [0.29, 0.717) is 18.9 Å². The highest BCUT2D eigenvalue weighted by Gasteiger charge is 2.27. The van der Waals surface area contributed by atoms with Crippen LogP contribution in [0.3, 0.4) is 0 Å². The number of hydrogen-bond donors (Lipinski definition) is 2. The number of nitrogens with one attached hydrogen (secondary N) is 1. The minimum atomic E-state index is -0.183. The number of benzene rings is 1. The maximum absolute atomic E-state index is 12.3. The molecule has 5 nitrogen and oxygen atoms in total. The highest BCUT2D eigenvalue weighted by Crippen LogP contribution is 2.31. The van der Waals surface area contributed by atoms with Gasteiger partial charge in [-0.25, -0.2) is 0 Å². The average Bonchev–Trinajstić information content (AvgIpc) is 3.15. The predicted molar refractivity (Wildman–Crippen MR) is 93.9 cm³/mol. The molecule has 0 spiro atoms. The first-order chi connectivity index (χ1) is 11.6. The van der Waals surface area contributed by atoms with Crippen molar-refractivity contribution >= 4 is 16.9 Å². The summed E-state index contributed by atoms with van der Waals surface area (Å²) in [6.07, 6.45) is 3.69. The number of para-hydroxylation sites is 1. The Hall–Kier alpha value is -2.01. The van der Waals surface area contributed by atoms with Gasteiger partial charge in [0.2, 0.25) is 5.91 Å². The maximum Gasteiger partial charge on any atom is 0.220 e. The van der Waals surface area contributed by atoms with Crippen molar-refractivity contribution in [1.29, 1.82) is 0 Å². The van der Waals surface area contributed by atoms with E-state index in [0.717, 1.165) is 41.7 Å². The van der Waals surface area contributed by atoms with Crippen LogP contribution in [0.25, 0.3) is 11.0 Å². The highest BCUT2D eigenvalue weighted by atomic mass is 16.5. The monoisotopic (exact) mass is 330 g/mol. The van der Waals surface area contributed by atoms with Gasteiger partial charge >= 0.3 is 0 Å². The summed E-state index contributed by atoms with van der Waals surface area (Å²) >= 11 is 0. The molecule has 24 heavy (non-hydrogen) atoms. The quantitative estimate of drug-likeness (QED) is 0.849. The predicted octanol–water partition coefficient (Wildman–Crippen LogP) is 3.53. The van der Waals surface area contributed by atoms with Crippen LogP contribution in [0.5, 0.6) is 5.75 Å². The summed E-state index contributed by atoms with van der Waals surface area (Å²) in [5.74, 6) is 1.81. The third-order valence-electron chi connectivity index (χ3n) is 4.80. The van der Waals surface area contributed by atoms with Crippen LogP contribution in [0.2, 0.25) is 0 Å². The number of carbonyl (C=O) groups excluding carboxylic acids is 1. The SMILES string of the molecule is CCOc1cccc2cc(C(C)NC(=O)C[C@@H]3CCC[C@H]3N)oc12. The first-order valence-corrected chi connectivity index (χ1v) is 8.78. The topological polar surface area (TPSA) is 77.5 Å². The van der Waals surface area contributed by atoms with E-state index in [9.17, 15) is 4.79 Å². The summed E-state index contributed by atoms with van der Waals surface area (Å²) in [6.45, 7) is 4.47. The smallest absolute Gasteiger partial charge is 0.220 e. The molecule has 1 saturated carbocycles. The summed E-state index contributed by atoms with van der Waals surface area (Å²) in [5, 5.41) is 4.01. The van der Waals surface area contributed by atoms with Gasteiger partial charge in [0.05, 0.1) is 12.6 Å². The number of fused-ring (bicyclic) bond motifs is 1. The Bertz CT molecular complexity index is 710. The Balaban J connectivity index is 1.68. The van der Waals surface area contributed by atoms with Crippen molar-refractivity contribution in [3.05, 3.63) is 30.0 Å². The zero-order valence-corrected chi connectivity index (χ0v) is 14.4. The maximum atomic E-state index is 12.3. The molecule has 0 bridgehead atoms. The number of amides is 1. The summed E-state index contributed by atoms with van der Waals surface area (Å²) in [5.41, 5.74) is 6.78. The Morgan fingerprint density at radius 3 is 3.00 bits per heavy atom. The van der Waals surface area contributed by atoms with Crippen molar-refractivity contribution in [1.82, 2.24) is 5.32 Å². The van der Waals surface area contributed by atoms with Crippen molar-refractivity contribution in [3.63, 3.8) is 0 Å². The lowest BCUT2D eigenvalue weighted by atomic mass is 9.99. The molecule has 3 rings (SSSR count). The molecule has 0 radical (unpaired) electrons. The lowest BCUT2D eigenvalue weighted by Crippen LogP contribution is -2.32. The Morgan fingerprint density at radius 1 is 1.46 bits per heavy atom.